The Kier molecular flexibility index (Phi) is 1.95. The van der Waals surface area contributed by atoms with Crippen LogP contribution in [0.25, 0.3) is 10.8 Å². The number of hydrogen-bond acceptors (Lipinski definition) is 2. The van der Waals surface area contributed by atoms with Gasteiger partial charge in [0.15, 0.2) is 0 Å². The van der Waals surface area contributed by atoms with Crippen LogP contribution < -0.4 is 0 Å². The number of aromatic hydroxyl groups is 1. The third-order valence-corrected chi connectivity index (χ3v) is 3.10. The molecule has 1 aliphatic rings. The zero-order valence-corrected chi connectivity index (χ0v) is 9.23. The van der Waals surface area contributed by atoms with Crippen LogP contribution in [0.2, 0.25) is 0 Å². The molecule has 0 bridgehead atoms. The van der Waals surface area contributed by atoms with Crippen LogP contribution in [0.1, 0.15) is 12.5 Å². The fourth-order valence-corrected chi connectivity index (χ4v) is 2.05. The molecule has 16 heavy (non-hydrogen) atoms. The van der Waals surface area contributed by atoms with Crippen molar-refractivity contribution in [1.82, 2.24) is 0 Å². The van der Waals surface area contributed by atoms with E-state index in [4.69, 9.17) is 4.74 Å². The Bertz CT molecular complexity index is 541. The molecular formula is C14H14O2. The van der Waals surface area contributed by atoms with Gasteiger partial charge in [-0.05, 0) is 35.4 Å². The second kappa shape index (κ2) is 3.22. The van der Waals surface area contributed by atoms with Crippen LogP contribution in [-0.4, -0.2) is 17.3 Å². The summed E-state index contributed by atoms with van der Waals surface area (Å²) >= 11 is 0. The number of phenolic OH excluding ortho intramolecular Hbond substituents is 1. The molecule has 1 aliphatic heterocycles. The molecule has 2 nitrogen and oxygen atoms in total. The van der Waals surface area contributed by atoms with E-state index in [1.807, 2.05) is 6.07 Å². The molecule has 0 radical (unpaired) electrons. The van der Waals surface area contributed by atoms with Crippen molar-refractivity contribution < 1.29 is 9.84 Å². The summed E-state index contributed by atoms with van der Waals surface area (Å²) in [7, 11) is 0. The fourth-order valence-electron chi connectivity index (χ4n) is 2.05. The summed E-state index contributed by atoms with van der Waals surface area (Å²) < 4.78 is 5.39. The van der Waals surface area contributed by atoms with Gasteiger partial charge in [0.05, 0.1) is 12.2 Å². The minimum Gasteiger partial charge on any atom is -0.508 e. The average Bonchev–Trinajstić information content (AvgIpc) is 2.96. The highest BCUT2D eigenvalue weighted by atomic mass is 16.6. The highest BCUT2D eigenvalue weighted by Crippen LogP contribution is 2.31. The normalized spacial score (nSPS) is 23.6. The van der Waals surface area contributed by atoms with Crippen molar-refractivity contribution in [2.45, 2.75) is 18.9 Å². The Morgan fingerprint density at radius 3 is 2.62 bits per heavy atom. The van der Waals surface area contributed by atoms with Crippen molar-refractivity contribution in [1.29, 1.82) is 0 Å². The van der Waals surface area contributed by atoms with Crippen molar-refractivity contribution in [3.8, 4) is 5.75 Å². The van der Waals surface area contributed by atoms with Crippen LogP contribution >= 0.6 is 0 Å². The number of ether oxygens (including phenoxy) is 1. The topological polar surface area (TPSA) is 32.8 Å². The summed E-state index contributed by atoms with van der Waals surface area (Å²) in [6.45, 7) is 2.99. The number of hydrogen-bond donors (Lipinski definition) is 1. The van der Waals surface area contributed by atoms with E-state index in [0.29, 0.717) is 5.75 Å². The Hall–Kier alpha value is -1.54. The highest BCUT2D eigenvalue weighted by molar-refractivity contribution is 5.84. The van der Waals surface area contributed by atoms with Gasteiger partial charge in [-0.15, -0.1) is 0 Å². The van der Waals surface area contributed by atoms with Crippen molar-refractivity contribution in [2.24, 2.45) is 0 Å². The molecule has 3 rings (SSSR count). The van der Waals surface area contributed by atoms with Crippen LogP contribution in [0.4, 0.5) is 0 Å². The standard InChI is InChI=1S/C14H14O2/c1-14(9-16-14)8-10-2-3-12-7-13(15)5-4-11(12)6-10/h2-7,15H,8-9H2,1H3. The summed E-state index contributed by atoms with van der Waals surface area (Å²) in [5.41, 5.74) is 1.35. The summed E-state index contributed by atoms with van der Waals surface area (Å²) in [5.74, 6) is 0.317. The average molecular weight is 214 g/mol. The Labute approximate surface area is 94.5 Å². The molecule has 1 saturated heterocycles. The third kappa shape index (κ3) is 1.76. The van der Waals surface area contributed by atoms with Gasteiger partial charge in [-0.25, -0.2) is 0 Å². The van der Waals surface area contributed by atoms with Crippen molar-refractivity contribution in [3.05, 3.63) is 42.0 Å². The summed E-state index contributed by atoms with van der Waals surface area (Å²) in [6, 6.07) is 11.8. The maximum Gasteiger partial charge on any atom is 0.116 e. The van der Waals surface area contributed by atoms with E-state index in [1.54, 1.807) is 12.1 Å². The van der Waals surface area contributed by atoms with Gasteiger partial charge in [0.2, 0.25) is 0 Å². The van der Waals surface area contributed by atoms with Crippen LogP contribution in [0.5, 0.6) is 5.75 Å². The van der Waals surface area contributed by atoms with Gasteiger partial charge in [0.1, 0.15) is 5.75 Å². The van der Waals surface area contributed by atoms with Crippen molar-refractivity contribution >= 4 is 10.8 Å². The molecule has 0 spiro atoms. The highest BCUT2D eigenvalue weighted by Gasteiger charge is 2.38. The first-order valence-corrected chi connectivity index (χ1v) is 5.50. The lowest BCUT2D eigenvalue weighted by Gasteiger charge is -2.06. The van der Waals surface area contributed by atoms with Crippen LogP contribution in [0.15, 0.2) is 36.4 Å². The lowest BCUT2D eigenvalue weighted by molar-refractivity contribution is 0.322. The lowest BCUT2D eigenvalue weighted by Crippen LogP contribution is -2.08. The summed E-state index contributed by atoms with van der Waals surface area (Å²) in [6.07, 6.45) is 0.962. The Balaban J connectivity index is 1.99. The van der Waals surface area contributed by atoms with E-state index >= 15 is 0 Å². The number of fused-ring (bicyclic) bond motifs is 1. The Morgan fingerprint density at radius 2 is 1.88 bits per heavy atom. The molecule has 0 amide bonds. The molecule has 1 fully saturated rings. The van der Waals surface area contributed by atoms with Gasteiger partial charge in [-0.3, -0.25) is 0 Å². The predicted octanol–water partition coefficient (Wildman–Crippen LogP) is 2.88. The molecule has 0 aromatic heterocycles. The molecule has 0 saturated carbocycles. The molecule has 0 aliphatic carbocycles. The zero-order valence-electron chi connectivity index (χ0n) is 9.23. The molecule has 82 valence electrons. The van der Waals surface area contributed by atoms with E-state index in [9.17, 15) is 5.11 Å². The molecule has 1 atom stereocenters. The predicted molar refractivity (Wildman–Crippen MR) is 63.7 cm³/mol. The molecule has 1 N–H and O–H groups in total. The van der Waals surface area contributed by atoms with Crippen LogP contribution in [-0.2, 0) is 11.2 Å². The number of phenols is 1. The SMILES string of the molecule is CC1(Cc2ccc3cc(O)ccc3c2)CO1. The third-order valence-electron chi connectivity index (χ3n) is 3.10. The molecule has 1 heterocycles. The zero-order chi connectivity index (χ0) is 11.2. The minimum absolute atomic E-state index is 0.0601. The smallest absolute Gasteiger partial charge is 0.116 e. The lowest BCUT2D eigenvalue weighted by atomic mass is 9.99. The molecule has 2 aromatic rings. The maximum absolute atomic E-state index is 9.38. The van der Waals surface area contributed by atoms with E-state index in [1.165, 1.54) is 10.9 Å². The fraction of sp³-hybridized carbons (Fsp3) is 0.286. The number of rotatable bonds is 2. The van der Waals surface area contributed by atoms with E-state index in [-0.39, 0.29) is 5.60 Å². The van der Waals surface area contributed by atoms with Gasteiger partial charge in [-0.1, -0.05) is 24.3 Å². The second-order valence-corrected chi connectivity index (χ2v) is 4.78. The van der Waals surface area contributed by atoms with Crippen molar-refractivity contribution in [2.75, 3.05) is 6.61 Å². The molecule has 1 unspecified atom stereocenters. The van der Waals surface area contributed by atoms with Crippen molar-refractivity contribution in [3.63, 3.8) is 0 Å². The van der Waals surface area contributed by atoms with E-state index in [0.717, 1.165) is 18.4 Å². The first kappa shape index (κ1) is 9.67. The number of benzene rings is 2. The van der Waals surface area contributed by atoms with Gasteiger partial charge in [-0.2, -0.15) is 0 Å². The summed E-state index contributed by atoms with van der Waals surface area (Å²) in [5, 5.41) is 11.6. The van der Waals surface area contributed by atoms with E-state index in [2.05, 4.69) is 25.1 Å². The van der Waals surface area contributed by atoms with Crippen LogP contribution in [0.3, 0.4) is 0 Å². The van der Waals surface area contributed by atoms with Gasteiger partial charge < -0.3 is 9.84 Å². The maximum atomic E-state index is 9.38. The monoisotopic (exact) mass is 214 g/mol. The van der Waals surface area contributed by atoms with Crippen LogP contribution in [0, 0.1) is 0 Å². The quantitative estimate of drug-likeness (QED) is 0.780. The molecule has 2 aromatic carbocycles. The van der Waals surface area contributed by atoms with Gasteiger partial charge >= 0.3 is 0 Å². The molecular weight excluding hydrogens is 200 g/mol. The second-order valence-electron chi connectivity index (χ2n) is 4.78. The minimum atomic E-state index is 0.0601. The Morgan fingerprint density at radius 1 is 1.19 bits per heavy atom. The first-order valence-electron chi connectivity index (χ1n) is 5.50. The number of epoxide rings is 1. The van der Waals surface area contributed by atoms with E-state index < -0.39 is 0 Å². The van der Waals surface area contributed by atoms with Gasteiger partial charge in [0, 0.05) is 6.42 Å². The molecule has 2 heteroatoms. The summed E-state index contributed by atoms with van der Waals surface area (Å²) in [4.78, 5) is 0. The largest absolute Gasteiger partial charge is 0.508 e. The first-order chi connectivity index (χ1) is 7.65. The van der Waals surface area contributed by atoms with Gasteiger partial charge in [0.25, 0.3) is 0 Å².